The highest BCUT2D eigenvalue weighted by Gasteiger charge is 2.42. The fraction of sp³-hybridized carbons (Fsp3) is 0.367. The van der Waals surface area contributed by atoms with Crippen molar-refractivity contribution in [1.29, 1.82) is 0 Å². The highest BCUT2D eigenvalue weighted by Crippen LogP contribution is 2.35. The lowest BCUT2D eigenvalue weighted by Gasteiger charge is -2.30. The zero-order valence-corrected chi connectivity index (χ0v) is 24.2. The summed E-state index contributed by atoms with van der Waals surface area (Å²) in [6.07, 6.45) is 5.91. The Bertz CT molecular complexity index is 1520. The van der Waals surface area contributed by atoms with E-state index in [2.05, 4.69) is 25.7 Å². The molecule has 1 unspecified atom stereocenters. The van der Waals surface area contributed by atoms with Gasteiger partial charge in [0.1, 0.15) is 12.0 Å². The van der Waals surface area contributed by atoms with E-state index in [0.717, 1.165) is 19.3 Å². The Balaban J connectivity index is 1.47. The standard InChI is InChI=1S/C30H33N7O6/c1-4-11-32-27(38)20-8-7-18(2)24(13-20)37(30(41)43-17-42-29(40)21-6-5-12-31-14-21)26-25-19(3)23(15-36(25)34-16-33-26)28(39)35-22-9-10-22/h5-8,12-14,16,22-23H,4,9-11,15,17H2,1-3H3,(H,32,38)(H,35,39). The molecule has 0 spiro atoms. The average Bonchev–Trinajstić information content (AvgIpc) is 3.76. The van der Waals surface area contributed by atoms with Crippen LogP contribution in [-0.2, 0) is 14.3 Å². The predicted octanol–water partition coefficient (Wildman–Crippen LogP) is 3.13. The van der Waals surface area contributed by atoms with Crippen molar-refractivity contribution in [3.8, 4) is 0 Å². The van der Waals surface area contributed by atoms with E-state index >= 15 is 0 Å². The summed E-state index contributed by atoms with van der Waals surface area (Å²) in [6, 6.07) is 8.25. The minimum atomic E-state index is -0.909. The lowest BCUT2D eigenvalue weighted by molar-refractivity contribution is -0.124. The topological polar surface area (TPSA) is 155 Å². The summed E-state index contributed by atoms with van der Waals surface area (Å²) >= 11 is 0. The van der Waals surface area contributed by atoms with Gasteiger partial charge in [-0.1, -0.05) is 13.0 Å². The monoisotopic (exact) mass is 587 g/mol. The first kappa shape index (κ1) is 29.4. The molecule has 1 aliphatic carbocycles. The summed E-state index contributed by atoms with van der Waals surface area (Å²) in [5, 5.41) is 11.8. The summed E-state index contributed by atoms with van der Waals surface area (Å²) in [7, 11) is 0. The van der Waals surface area contributed by atoms with Crippen molar-refractivity contribution < 1.29 is 28.7 Å². The number of ether oxygens (including phenoxy) is 2. The normalized spacial score (nSPS) is 17.1. The van der Waals surface area contributed by atoms with Gasteiger partial charge in [0, 0.05) is 30.5 Å². The Hall–Kier alpha value is -5.07. The van der Waals surface area contributed by atoms with Gasteiger partial charge in [0.2, 0.25) is 12.7 Å². The van der Waals surface area contributed by atoms with Crippen LogP contribution in [0.25, 0.3) is 0 Å². The Labute approximate surface area is 248 Å². The van der Waals surface area contributed by atoms with Crippen LogP contribution in [0.1, 0.15) is 59.4 Å². The molecule has 224 valence electrons. The van der Waals surface area contributed by atoms with E-state index in [9.17, 15) is 19.2 Å². The molecule has 13 nitrogen and oxygen atoms in total. The maximum Gasteiger partial charge on any atom is 0.423 e. The molecule has 43 heavy (non-hydrogen) atoms. The molecule has 13 heteroatoms. The van der Waals surface area contributed by atoms with Gasteiger partial charge < -0.3 is 20.1 Å². The van der Waals surface area contributed by atoms with Gasteiger partial charge in [0.25, 0.3) is 5.91 Å². The first-order valence-electron chi connectivity index (χ1n) is 14.1. The van der Waals surface area contributed by atoms with E-state index in [-0.39, 0.29) is 35.8 Å². The minimum absolute atomic E-state index is 0.112. The zero-order chi connectivity index (χ0) is 30.5. The van der Waals surface area contributed by atoms with Crippen LogP contribution in [-0.4, -0.2) is 72.0 Å². The Morgan fingerprint density at radius 3 is 2.63 bits per heavy atom. The maximum absolute atomic E-state index is 13.8. The number of carbonyl (C=O) groups excluding carboxylic acids is 4. The van der Waals surface area contributed by atoms with E-state index in [4.69, 9.17) is 9.47 Å². The minimum Gasteiger partial charge on any atom is -0.424 e. The van der Waals surface area contributed by atoms with E-state index < -0.39 is 24.8 Å². The number of pyridine rings is 1. The van der Waals surface area contributed by atoms with Crippen LogP contribution in [0.3, 0.4) is 0 Å². The van der Waals surface area contributed by atoms with Gasteiger partial charge in [-0.05, 0) is 68.5 Å². The van der Waals surface area contributed by atoms with Crippen LogP contribution in [0.2, 0.25) is 0 Å². The molecule has 3 aliphatic rings. The number of benzene rings is 1. The quantitative estimate of drug-likeness (QED) is 0.335. The molecule has 2 N–H and O–H groups in total. The molecular weight excluding hydrogens is 554 g/mol. The number of carbonyl (C=O) groups is 4. The zero-order valence-electron chi connectivity index (χ0n) is 24.2. The molecule has 2 aliphatic heterocycles. The van der Waals surface area contributed by atoms with Crippen molar-refractivity contribution in [2.24, 2.45) is 16.0 Å². The number of aryl methyl sites for hydroxylation is 1. The number of hydrogen-bond donors (Lipinski definition) is 2. The molecule has 1 atom stereocenters. The smallest absolute Gasteiger partial charge is 0.423 e. The predicted molar refractivity (Wildman–Crippen MR) is 157 cm³/mol. The first-order chi connectivity index (χ1) is 20.8. The highest BCUT2D eigenvalue weighted by atomic mass is 16.7. The van der Waals surface area contributed by atoms with Gasteiger partial charge in [0.05, 0.1) is 23.7 Å². The number of amidine groups is 1. The van der Waals surface area contributed by atoms with E-state index in [0.29, 0.717) is 34.6 Å². The molecule has 1 aromatic carbocycles. The molecule has 0 bridgehead atoms. The van der Waals surface area contributed by atoms with Gasteiger partial charge in [-0.15, -0.1) is 0 Å². The summed E-state index contributed by atoms with van der Waals surface area (Å²) < 4.78 is 10.6. The number of esters is 1. The first-order valence-corrected chi connectivity index (χ1v) is 14.1. The number of anilines is 1. The van der Waals surface area contributed by atoms with Crippen molar-refractivity contribution in [2.45, 2.75) is 46.1 Å². The lowest BCUT2D eigenvalue weighted by atomic mass is 10.0. The van der Waals surface area contributed by atoms with Gasteiger partial charge >= 0.3 is 12.1 Å². The van der Waals surface area contributed by atoms with Crippen LogP contribution in [0.15, 0.2) is 64.1 Å². The highest BCUT2D eigenvalue weighted by molar-refractivity contribution is 6.24. The number of hydrogen-bond acceptors (Lipinski definition) is 10. The van der Waals surface area contributed by atoms with E-state index in [1.807, 2.05) is 13.8 Å². The second-order valence-corrected chi connectivity index (χ2v) is 10.4. The van der Waals surface area contributed by atoms with Crippen LogP contribution in [0.4, 0.5) is 10.5 Å². The lowest BCUT2D eigenvalue weighted by Crippen LogP contribution is -2.43. The number of aliphatic imine (C=N–C) groups is 1. The SMILES string of the molecule is CCCNC(=O)c1ccc(C)c(N(C(=O)OCOC(=O)c2cccnc2)C2=NC=NN3CC(C(=O)NC4CC4)C(C)=C23)c1. The van der Waals surface area contributed by atoms with Gasteiger partial charge in [-0.25, -0.2) is 19.5 Å². The molecule has 2 aromatic rings. The van der Waals surface area contributed by atoms with Crippen molar-refractivity contribution in [3.05, 3.63) is 70.7 Å². The second-order valence-electron chi connectivity index (χ2n) is 10.4. The number of hydrazone groups is 1. The van der Waals surface area contributed by atoms with E-state index in [1.165, 1.54) is 29.7 Å². The second kappa shape index (κ2) is 12.8. The van der Waals surface area contributed by atoms with Crippen molar-refractivity contribution in [2.75, 3.05) is 24.8 Å². The van der Waals surface area contributed by atoms with Crippen LogP contribution >= 0.6 is 0 Å². The van der Waals surface area contributed by atoms with Gasteiger partial charge in [0.15, 0.2) is 5.84 Å². The van der Waals surface area contributed by atoms with Crippen LogP contribution in [0, 0.1) is 12.8 Å². The Morgan fingerprint density at radius 2 is 1.91 bits per heavy atom. The summed E-state index contributed by atoms with van der Waals surface area (Å²) in [6.45, 7) is 5.62. The third-order valence-electron chi connectivity index (χ3n) is 7.24. The third kappa shape index (κ3) is 6.55. The molecular formula is C30H33N7O6. The summed E-state index contributed by atoms with van der Waals surface area (Å²) in [5.74, 6) is -1.47. The maximum atomic E-state index is 13.8. The summed E-state index contributed by atoms with van der Waals surface area (Å²) in [5.41, 5.74) is 2.66. The molecule has 3 heterocycles. The summed E-state index contributed by atoms with van der Waals surface area (Å²) in [4.78, 5) is 61.6. The van der Waals surface area contributed by atoms with Crippen molar-refractivity contribution >= 4 is 41.7 Å². The molecule has 1 fully saturated rings. The Morgan fingerprint density at radius 1 is 1.09 bits per heavy atom. The fourth-order valence-corrected chi connectivity index (χ4v) is 4.74. The van der Waals surface area contributed by atoms with Crippen LogP contribution in [0.5, 0.6) is 0 Å². The third-order valence-corrected chi connectivity index (χ3v) is 7.24. The average molecular weight is 588 g/mol. The molecule has 1 saturated carbocycles. The van der Waals surface area contributed by atoms with Gasteiger partial charge in [-0.2, -0.15) is 5.10 Å². The molecule has 0 saturated heterocycles. The molecule has 0 radical (unpaired) electrons. The van der Waals surface area contributed by atoms with E-state index in [1.54, 1.807) is 36.2 Å². The largest absolute Gasteiger partial charge is 0.424 e. The van der Waals surface area contributed by atoms with Gasteiger partial charge in [-0.3, -0.25) is 19.6 Å². The number of rotatable bonds is 9. The number of aromatic nitrogens is 1. The van der Waals surface area contributed by atoms with Crippen molar-refractivity contribution in [3.63, 3.8) is 0 Å². The number of amides is 3. The van der Waals surface area contributed by atoms with Crippen molar-refractivity contribution in [1.82, 2.24) is 20.6 Å². The molecule has 3 amide bonds. The van der Waals surface area contributed by atoms with Crippen LogP contribution < -0.4 is 15.5 Å². The number of fused-ring (bicyclic) bond motifs is 1. The fourth-order valence-electron chi connectivity index (χ4n) is 4.74. The number of nitrogens with one attached hydrogen (secondary N) is 2. The Kier molecular flexibility index (Phi) is 8.79. The molecule has 5 rings (SSSR count). The number of nitrogens with zero attached hydrogens (tertiary/aromatic N) is 5. The molecule has 1 aromatic heterocycles.